The maximum absolute atomic E-state index is 13.3. The highest BCUT2D eigenvalue weighted by atomic mass is 19.4. The molecule has 6 heteroatoms. The molecule has 1 aromatic carbocycles. The summed E-state index contributed by atoms with van der Waals surface area (Å²) in [5.41, 5.74) is 2.39. The number of benzene rings is 1. The molecule has 3 nitrogen and oxygen atoms in total. The molecule has 1 N–H and O–H groups in total. The third kappa shape index (κ3) is 4.54. The van der Waals surface area contributed by atoms with Gasteiger partial charge in [0.05, 0.1) is 5.52 Å². The molecule has 130 valence electrons. The summed E-state index contributed by atoms with van der Waals surface area (Å²) in [7, 11) is 0. The average molecular weight is 345 g/mol. The van der Waals surface area contributed by atoms with Crippen LogP contribution in [0.15, 0.2) is 61.1 Å². The van der Waals surface area contributed by atoms with Crippen molar-refractivity contribution in [3.05, 3.63) is 72.2 Å². The lowest BCUT2D eigenvalue weighted by molar-refractivity contribution is -0.155. The summed E-state index contributed by atoms with van der Waals surface area (Å²) in [4.78, 5) is 8.18. The fourth-order valence-corrected chi connectivity index (χ4v) is 2.81. The van der Waals surface area contributed by atoms with E-state index >= 15 is 0 Å². The monoisotopic (exact) mass is 345 g/mol. The molecule has 0 aliphatic carbocycles. The van der Waals surface area contributed by atoms with Crippen molar-refractivity contribution in [3.8, 4) is 0 Å². The lowest BCUT2D eigenvalue weighted by atomic mass is 10.0. The predicted molar refractivity (Wildman–Crippen MR) is 91.2 cm³/mol. The second-order valence-corrected chi connectivity index (χ2v) is 5.85. The van der Waals surface area contributed by atoms with Gasteiger partial charge >= 0.3 is 6.18 Å². The van der Waals surface area contributed by atoms with Crippen LogP contribution in [0.25, 0.3) is 10.9 Å². The highest BCUT2D eigenvalue weighted by Crippen LogP contribution is 2.23. The molecular formula is C19H18F3N3. The molecule has 0 aliphatic rings. The molecular weight excluding hydrogens is 327 g/mol. The fourth-order valence-electron chi connectivity index (χ4n) is 2.81. The van der Waals surface area contributed by atoms with Crippen molar-refractivity contribution in [3.63, 3.8) is 0 Å². The number of rotatable bonds is 6. The Hall–Kier alpha value is -2.47. The lowest BCUT2D eigenvalue weighted by Gasteiger charge is -2.22. The van der Waals surface area contributed by atoms with E-state index in [1.165, 1.54) is 12.4 Å². The van der Waals surface area contributed by atoms with E-state index in [0.717, 1.165) is 16.5 Å². The third-order valence-corrected chi connectivity index (χ3v) is 4.09. The topological polar surface area (TPSA) is 37.8 Å². The van der Waals surface area contributed by atoms with Gasteiger partial charge in [0.2, 0.25) is 0 Å². The number of para-hydroxylation sites is 1. The van der Waals surface area contributed by atoms with Gasteiger partial charge in [-0.25, -0.2) is 0 Å². The maximum atomic E-state index is 13.3. The average Bonchev–Trinajstić information content (AvgIpc) is 2.61. The summed E-state index contributed by atoms with van der Waals surface area (Å²) < 4.78 is 39.9. The van der Waals surface area contributed by atoms with Crippen molar-refractivity contribution in [2.75, 3.05) is 6.54 Å². The molecule has 0 bridgehead atoms. The van der Waals surface area contributed by atoms with Crippen LogP contribution in [-0.2, 0) is 12.8 Å². The van der Waals surface area contributed by atoms with Gasteiger partial charge in [-0.2, -0.15) is 13.2 Å². The van der Waals surface area contributed by atoms with Crippen molar-refractivity contribution in [2.45, 2.75) is 25.1 Å². The molecule has 3 rings (SSSR count). The predicted octanol–water partition coefficient (Wildman–Crippen LogP) is 3.94. The Morgan fingerprint density at radius 1 is 0.960 bits per heavy atom. The summed E-state index contributed by atoms with van der Waals surface area (Å²) in [6.45, 7) is 0.227. The number of pyridine rings is 2. The second kappa shape index (κ2) is 7.61. The minimum absolute atomic E-state index is 0.111. The molecule has 25 heavy (non-hydrogen) atoms. The molecule has 1 atom stereocenters. The highest BCUT2D eigenvalue weighted by molar-refractivity contribution is 5.81. The Morgan fingerprint density at radius 2 is 1.72 bits per heavy atom. The van der Waals surface area contributed by atoms with E-state index in [1.807, 2.05) is 30.3 Å². The number of alkyl halides is 3. The summed E-state index contributed by atoms with van der Waals surface area (Å²) in [6, 6.07) is 11.2. The summed E-state index contributed by atoms with van der Waals surface area (Å²) >= 11 is 0. The molecule has 2 heterocycles. The minimum atomic E-state index is -4.31. The minimum Gasteiger partial charge on any atom is -0.306 e. The van der Waals surface area contributed by atoms with E-state index in [4.69, 9.17) is 0 Å². The van der Waals surface area contributed by atoms with Gasteiger partial charge < -0.3 is 5.32 Å². The van der Waals surface area contributed by atoms with Crippen LogP contribution >= 0.6 is 0 Å². The standard InChI is InChI=1S/C19H18F3N3/c20-19(21,22)17(13-14-6-10-23-11-7-14)24-12-8-16-4-1-3-15-5-2-9-25-18(15)16/h1-7,9-11,17,24H,8,12-13H2/t17-/m1/s1. The Labute approximate surface area is 143 Å². The van der Waals surface area contributed by atoms with Crippen LogP contribution in [0.1, 0.15) is 11.1 Å². The highest BCUT2D eigenvalue weighted by Gasteiger charge is 2.39. The number of hydrogen-bond acceptors (Lipinski definition) is 3. The number of halogens is 3. The number of nitrogens with zero attached hydrogens (tertiary/aromatic N) is 2. The van der Waals surface area contributed by atoms with Gasteiger partial charge in [-0.05, 0) is 48.7 Å². The van der Waals surface area contributed by atoms with Gasteiger partial charge in [0.15, 0.2) is 0 Å². The van der Waals surface area contributed by atoms with E-state index in [2.05, 4.69) is 15.3 Å². The number of nitrogens with one attached hydrogen (secondary N) is 1. The van der Waals surface area contributed by atoms with Gasteiger partial charge in [-0.15, -0.1) is 0 Å². The SMILES string of the molecule is FC(F)(F)[C@@H](Cc1ccncc1)NCCc1cccc2cccnc12. The lowest BCUT2D eigenvalue weighted by Crippen LogP contribution is -2.44. The van der Waals surface area contributed by atoms with Crippen LogP contribution in [0.4, 0.5) is 13.2 Å². The number of hydrogen-bond donors (Lipinski definition) is 1. The summed E-state index contributed by atoms with van der Waals surface area (Å²) in [6.07, 6.45) is 0.771. The number of fused-ring (bicyclic) bond motifs is 1. The summed E-state index contributed by atoms with van der Waals surface area (Å²) in [5.74, 6) is 0. The zero-order chi connectivity index (χ0) is 17.7. The van der Waals surface area contributed by atoms with Crippen LogP contribution in [0, 0.1) is 0 Å². The van der Waals surface area contributed by atoms with Crippen molar-refractivity contribution < 1.29 is 13.2 Å². The molecule has 0 fully saturated rings. The molecule has 0 spiro atoms. The fraction of sp³-hybridized carbons (Fsp3) is 0.263. The Balaban J connectivity index is 1.67. The van der Waals surface area contributed by atoms with E-state index in [0.29, 0.717) is 12.0 Å². The first kappa shape index (κ1) is 17.4. The first-order valence-corrected chi connectivity index (χ1v) is 8.05. The number of aromatic nitrogens is 2. The molecule has 0 radical (unpaired) electrons. The van der Waals surface area contributed by atoms with Crippen LogP contribution in [0.2, 0.25) is 0 Å². The van der Waals surface area contributed by atoms with Crippen LogP contribution in [0.3, 0.4) is 0 Å². The zero-order valence-electron chi connectivity index (χ0n) is 13.5. The Bertz CT molecular complexity index is 814. The Kier molecular flexibility index (Phi) is 5.28. The first-order chi connectivity index (χ1) is 12.0. The molecule has 3 aromatic rings. The molecule has 2 aromatic heterocycles. The van der Waals surface area contributed by atoms with Crippen molar-refractivity contribution in [1.82, 2.24) is 15.3 Å². The normalized spacial score (nSPS) is 13.1. The third-order valence-electron chi connectivity index (χ3n) is 4.09. The van der Waals surface area contributed by atoms with Gasteiger partial charge in [0, 0.05) is 24.0 Å². The smallest absolute Gasteiger partial charge is 0.306 e. The van der Waals surface area contributed by atoms with Crippen molar-refractivity contribution in [2.24, 2.45) is 0 Å². The molecule has 0 amide bonds. The van der Waals surface area contributed by atoms with E-state index < -0.39 is 12.2 Å². The molecule has 0 aliphatic heterocycles. The van der Waals surface area contributed by atoms with Gasteiger partial charge in [0.1, 0.15) is 6.04 Å². The first-order valence-electron chi connectivity index (χ1n) is 8.05. The van der Waals surface area contributed by atoms with E-state index in [1.54, 1.807) is 18.3 Å². The molecule has 0 saturated carbocycles. The Morgan fingerprint density at radius 3 is 2.48 bits per heavy atom. The van der Waals surface area contributed by atoms with Crippen molar-refractivity contribution >= 4 is 10.9 Å². The van der Waals surface area contributed by atoms with E-state index in [-0.39, 0.29) is 13.0 Å². The van der Waals surface area contributed by atoms with Gasteiger partial charge in [0.25, 0.3) is 0 Å². The van der Waals surface area contributed by atoms with Gasteiger partial charge in [-0.1, -0.05) is 24.3 Å². The van der Waals surface area contributed by atoms with Crippen molar-refractivity contribution in [1.29, 1.82) is 0 Å². The van der Waals surface area contributed by atoms with Gasteiger partial charge in [-0.3, -0.25) is 9.97 Å². The van der Waals surface area contributed by atoms with E-state index in [9.17, 15) is 13.2 Å². The second-order valence-electron chi connectivity index (χ2n) is 5.85. The van der Waals surface area contributed by atoms with Crippen LogP contribution < -0.4 is 5.32 Å². The maximum Gasteiger partial charge on any atom is 0.404 e. The van der Waals surface area contributed by atoms with Crippen LogP contribution in [-0.4, -0.2) is 28.7 Å². The zero-order valence-corrected chi connectivity index (χ0v) is 13.5. The summed E-state index contributed by atoms with van der Waals surface area (Å²) in [5, 5.41) is 3.64. The van der Waals surface area contributed by atoms with Crippen LogP contribution in [0.5, 0.6) is 0 Å². The quantitative estimate of drug-likeness (QED) is 0.735. The molecule has 0 saturated heterocycles. The largest absolute Gasteiger partial charge is 0.404 e. The molecule has 0 unspecified atom stereocenters.